The van der Waals surface area contributed by atoms with Crippen molar-refractivity contribution >= 4 is 0 Å². The summed E-state index contributed by atoms with van der Waals surface area (Å²) < 4.78 is 0. The van der Waals surface area contributed by atoms with Crippen LogP contribution >= 0.6 is 0 Å². The smallest absolute Gasteiger partial charge is 0.0207 e. The molecule has 0 aliphatic carbocycles. The number of rotatable bonds is 7. The Balaban J connectivity index is 2.03. The van der Waals surface area contributed by atoms with Crippen LogP contribution in [0.1, 0.15) is 46.5 Å². The van der Waals surface area contributed by atoms with Gasteiger partial charge in [0.15, 0.2) is 0 Å². The van der Waals surface area contributed by atoms with Crippen LogP contribution in [0.5, 0.6) is 0 Å². The average molecular weight is 212 g/mol. The summed E-state index contributed by atoms with van der Waals surface area (Å²) in [6.07, 6.45) is 5.39. The van der Waals surface area contributed by atoms with Gasteiger partial charge in [0.1, 0.15) is 0 Å². The second-order valence-corrected chi connectivity index (χ2v) is 5.30. The molecule has 0 amide bonds. The summed E-state index contributed by atoms with van der Waals surface area (Å²) >= 11 is 0. The SMILES string of the molecule is CCCCCN[C@@H]1CCN(CC(C)C)C1. The zero-order chi connectivity index (χ0) is 11.1. The van der Waals surface area contributed by atoms with Gasteiger partial charge in [-0.25, -0.2) is 0 Å². The molecular weight excluding hydrogens is 184 g/mol. The van der Waals surface area contributed by atoms with Gasteiger partial charge in [-0.2, -0.15) is 0 Å². The monoisotopic (exact) mass is 212 g/mol. The molecule has 1 rings (SSSR count). The molecule has 2 heteroatoms. The van der Waals surface area contributed by atoms with Crippen molar-refractivity contribution in [1.29, 1.82) is 0 Å². The molecule has 0 radical (unpaired) electrons. The molecule has 15 heavy (non-hydrogen) atoms. The first-order valence-electron chi connectivity index (χ1n) is 6.68. The lowest BCUT2D eigenvalue weighted by atomic mass is 10.2. The van der Waals surface area contributed by atoms with Crippen LogP contribution in [-0.4, -0.2) is 37.1 Å². The van der Waals surface area contributed by atoms with Crippen molar-refractivity contribution in [3.8, 4) is 0 Å². The Bertz CT molecular complexity index is 157. The van der Waals surface area contributed by atoms with Crippen molar-refractivity contribution in [1.82, 2.24) is 10.2 Å². The van der Waals surface area contributed by atoms with Crippen molar-refractivity contribution < 1.29 is 0 Å². The standard InChI is InChI=1S/C13H28N2/c1-4-5-6-8-14-13-7-9-15(11-13)10-12(2)3/h12-14H,4-11H2,1-3H3/t13-/m1/s1. The summed E-state index contributed by atoms with van der Waals surface area (Å²) in [5, 5.41) is 3.68. The summed E-state index contributed by atoms with van der Waals surface area (Å²) in [5.41, 5.74) is 0. The first-order chi connectivity index (χ1) is 7.22. The highest BCUT2D eigenvalue weighted by Crippen LogP contribution is 2.11. The minimum Gasteiger partial charge on any atom is -0.313 e. The third-order valence-corrected chi connectivity index (χ3v) is 3.11. The highest BCUT2D eigenvalue weighted by atomic mass is 15.2. The minimum absolute atomic E-state index is 0.764. The van der Waals surface area contributed by atoms with Gasteiger partial charge in [0.25, 0.3) is 0 Å². The molecule has 1 aliphatic rings. The van der Waals surface area contributed by atoms with Gasteiger partial charge in [0.05, 0.1) is 0 Å². The van der Waals surface area contributed by atoms with Crippen LogP contribution < -0.4 is 5.32 Å². The van der Waals surface area contributed by atoms with Gasteiger partial charge in [0, 0.05) is 19.1 Å². The fourth-order valence-corrected chi connectivity index (χ4v) is 2.36. The third-order valence-electron chi connectivity index (χ3n) is 3.11. The summed E-state index contributed by atoms with van der Waals surface area (Å²) in [6, 6.07) is 0.764. The van der Waals surface area contributed by atoms with E-state index in [0.717, 1.165) is 12.0 Å². The molecule has 1 saturated heterocycles. The van der Waals surface area contributed by atoms with Gasteiger partial charge in [-0.15, -0.1) is 0 Å². The van der Waals surface area contributed by atoms with Crippen molar-refractivity contribution in [2.75, 3.05) is 26.2 Å². The van der Waals surface area contributed by atoms with E-state index < -0.39 is 0 Å². The third kappa shape index (κ3) is 5.53. The molecule has 0 saturated carbocycles. The molecule has 0 aromatic carbocycles. The zero-order valence-electron chi connectivity index (χ0n) is 10.8. The molecule has 2 nitrogen and oxygen atoms in total. The molecule has 1 fully saturated rings. The second kappa shape index (κ2) is 7.24. The topological polar surface area (TPSA) is 15.3 Å². The first-order valence-corrected chi connectivity index (χ1v) is 6.68. The van der Waals surface area contributed by atoms with Gasteiger partial charge in [-0.1, -0.05) is 33.6 Å². The van der Waals surface area contributed by atoms with Gasteiger partial charge < -0.3 is 10.2 Å². The maximum Gasteiger partial charge on any atom is 0.0207 e. The first kappa shape index (κ1) is 13.0. The van der Waals surface area contributed by atoms with E-state index in [0.29, 0.717) is 0 Å². The number of nitrogens with zero attached hydrogens (tertiary/aromatic N) is 1. The average Bonchev–Trinajstić information content (AvgIpc) is 2.59. The number of unbranched alkanes of at least 4 members (excludes halogenated alkanes) is 2. The van der Waals surface area contributed by atoms with Crippen molar-refractivity contribution in [2.45, 2.75) is 52.5 Å². The molecule has 1 aliphatic heterocycles. The lowest BCUT2D eigenvalue weighted by molar-refractivity contribution is 0.290. The van der Waals surface area contributed by atoms with Gasteiger partial charge in [-0.3, -0.25) is 0 Å². The lowest BCUT2D eigenvalue weighted by Crippen LogP contribution is -2.34. The fraction of sp³-hybridized carbons (Fsp3) is 1.00. The van der Waals surface area contributed by atoms with E-state index in [-0.39, 0.29) is 0 Å². The van der Waals surface area contributed by atoms with E-state index >= 15 is 0 Å². The molecule has 0 bridgehead atoms. The van der Waals surface area contributed by atoms with E-state index in [1.54, 1.807) is 0 Å². The van der Waals surface area contributed by atoms with Crippen LogP contribution in [-0.2, 0) is 0 Å². The Morgan fingerprint density at radius 1 is 1.33 bits per heavy atom. The highest BCUT2D eigenvalue weighted by Gasteiger charge is 2.21. The van der Waals surface area contributed by atoms with E-state index in [9.17, 15) is 0 Å². The van der Waals surface area contributed by atoms with Gasteiger partial charge in [0.2, 0.25) is 0 Å². The predicted octanol–water partition coefficient (Wildman–Crippen LogP) is 2.50. The Labute approximate surface area is 95.4 Å². The van der Waals surface area contributed by atoms with Crippen LogP contribution in [0.15, 0.2) is 0 Å². The number of hydrogen-bond donors (Lipinski definition) is 1. The van der Waals surface area contributed by atoms with E-state index in [2.05, 4.69) is 31.0 Å². The maximum absolute atomic E-state index is 3.68. The van der Waals surface area contributed by atoms with Crippen molar-refractivity contribution in [3.63, 3.8) is 0 Å². The normalized spacial score (nSPS) is 22.8. The Kier molecular flexibility index (Phi) is 6.26. The molecule has 0 aromatic rings. The van der Waals surface area contributed by atoms with E-state index in [1.165, 1.54) is 51.9 Å². The highest BCUT2D eigenvalue weighted by molar-refractivity contribution is 4.81. The second-order valence-electron chi connectivity index (χ2n) is 5.30. The van der Waals surface area contributed by atoms with E-state index in [4.69, 9.17) is 0 Å². The van der Waals surface area contributed by atoms with E-state index in [1.807, 2.05) is 0 Å². The van der Waals surface area contributed by atoms with Crippen LogP contribution in [0.4, 0.5) is 0 Å². The Morgan fingerprint density at radius 2 is 2.13 bits per heavy atom. The Morgan fingerprint density at radius 3 is 2.80 bits per heavy atom. The largest absolute Gasteiger partial charge is 0.313 e. The molecule has 90 valence electrons. The molecule has 0 unspecified atom stereocenters. The minimum atomic E-state index is 0.764. The molecule has 1 atom stereocenters. The molecule has 1 N–H and O–H groups in total. The van der Waals surface area contributed by atoms with Crippen LogP contribution in [0.3, 0.4) is 0 Å². The van der Waals surface area contributed by atoms with Crippen molar-refractivity contribution in [3.05, 3.63) is 0 Å². The fourth-order valence-electron chi connectivity index (χ4n) is 2.36. The summed E-state index contributed by atoms with van der Waals surface area (Å²) in [5.74, 6) is 0.809. The van der Waals surface area contributed by atoms with Crippen molar-refractivity contribution in [2.24, 2.45) is 5.92 Å². The summed E-state index contributed by atoms with van der Waals surface area (Å²) in [6.45, 7) is 11.9. The zero-order valence-corrected chi connectivity index (χ0v) is 10.8. The number of likely N-dealkylation sites (tertiary alicyclic amines) is 1. The van der Waals surface area contributed by atoms with Crippen LogP contribution in [0, 0.1) is 5.92 Å². The quantitative estimate of drug-likeness (QED) is 0.652. The van der Waals surface area contributed by atoms with Gasteiger partial charge >= 0.3 is 0 Å². The lowest BCUT2D eigenvalue weighted by Gasteiger charge is -2.18. The number of nitrogens with one attached hydrogen (secondary N) is 1. The maximum atomic E-state index is 3.68. The van der Waals surface area contributed by atoms with Crippen LogP contribution in [0.25, 0.3) is 0 Å². The van der Waals surface area contributed by atoms with Gasteiger partial charge in [-0.05, 0) is 31.8 Å². The molecule has 0 spiro atoms. The summed E-state index contributed by atoms with van der Waals surface area (Å²) in [7, 11) is 0. The van der Waals surface area contributed by atoms with Crippen LogP contribution in [0.2, 0.25) is 0 Å². The predicted molar refractivity (Wildman–Crippen MR) is 67.2 cm³/mol. The molecule has 1 heterocycles. The Hall–Kier alpha value is -0.0800. The molecule has 0 aromatic heterocycles. The summed E-state index contributed by atoms with van der Waals surface area (Å²) in [4.78, 5) is 2.60. The molecular formula is C13H28N2. The number of hydrogen-bond acceptors (Lipinski definition) is 2.